The molecule has 1 aromatic rings. The van der Waals surface area contributed by atoms with E-state index in [1.807, 2.05) is 6.92 Å². The fraction of sp³-hybridized carbons (Fsp3) is 0.733. The van der Waals surface area contributed by atoms with Crippen LogP contribution in [0, 0.1) is 13.8 Å². The fourth-order valence-corrected chi connectivity index (χ4v) is 2.66. The third-order valence-electron chi connectivity index (χ3n) is 3.86. The molecule has 0 saturated carbocycles. The molecule has 2 N–H and O–H groups in total. The van der Waals surface area contributed by atoms with Crippen molar-refractivity contribution >= 4 is 11.6 Å². The molecule has 0 atom stereocenters. The minimum absolute atomic E-state index is 0.233. The van der Waals surface area contributed by atoms with Gasteiger partial charge in [0.15, 0.2) is 0 Å². The van der Waals surface area contributed by atoms with Crippen LogP contribution in [-0.2, 0) is 0 Å². The molecule has 1 aliphatic heterocycles. The van der Waals surface area contributed by atoms with E-state index in [1.54, 1.807) is 0 Å². The molecule has 1 aromatic heterocycles. The van der Waals surface area contributed by atoms with Crippen LogP contribution in [0.15, 0.2) is 0 Å². The number of aliphatic hydroxyl groups is 1. The van der Waals surface area contributed by atoms with Crippen LogP contribution in [0.1, 0.15) is 24.7 Å². The highest BCUT2D eigenvalue weighted by Gasteiger charge is 2.20. The maximum atomic E-state index is 9.02. The molecule has 21 heavy (non-hydrogen) atoms. The van der Waals surface area contributed by atoms with Crippen molar-refractivity contribution in [3.63, 3.8) is 0 Å². The van der Waals surface area contributed by atoms with E-state index in [0.717, 1.165) is 68.7 Å². The number of hydrogen-bond donors (Lipinski definition) is 2. The standard InChI is InChI=1S/C15H27N5O/c1-4-5-16-14-12(2)15(18-13(3)17-14)20-8-6-19(7-9-20)10-11-21/h21H,4-11H2,1-3H3,(H,16,17,18). The van der Waals surface area contributed by atoms with Gasteiger partial charge in [-0.3, -0.25) is 4.90 Å². The Labute approximate surface area is 127 Å². The molecule has 0 unspecified atom stereocenters. The average Bonchev–Trinajstić information content (AvgIpc) is 2.49. The van der Waals surface area contributed by atoms with E-state index in [0.29, 0.717) is 0 Å². The van der Waals surface area contributed by atoms with Crippen molar-refractivity contribution < 1.29 is 5.11 Å². The minimum Gasteiger partial charge on any atom is -0.395 e. The Morgan fingerprint density at radius 1 is 1.14 bits per heavy atom. The molecule has 1 aliphatic rings. The quantitative estimate of drug-likeness (QED) is 0.817. The highest BCUT2D eigenvalue weighted by molar-refractivity contribution is 5.58. The largest absolute Gasteiger partial charge is 0.395 e. The molecule has 2 rings (SSSR count). The summed E-state index contributed by atoms with van der Waals surface area (Å²) >= 11 is 0. The highest BCUT2D eigenvalue weighted by atomic mass is 16.3. The molecule has 118 valence electrons. The number of nitrogens with one attached hydrogen (secondary N) is 1. The Morgan fingerprint density at radius 2 is 1.86 bits per heavy atom. The van der Waals surface area contributed by atoms with E-state index >= 15 is 0 Å². The second-order valence-corrected chi connectivity index (χ2v) is 5.55. The molecule has 2 heterocycles. The number of nitrogens with zero attached hydrogens (tertiary/aromatic N) is 4. The van der Waals surface area contributed by atoms with E-state index in [-0.39, 0.29) is 6.61 Å². The number of β-amino-alcohol motifs (C(OH)–C–C–N with tert-alkyl or cyclic N) is 1. The van der Waals surface area contributed by atoms with Crippen molar-refractivity contribution in [3.05, 3.63) is 11.4 Å². The monoisotopic (exact) mass is 293 g/mol. The number of rotatable bonds is 6. The van der Waals surface area contributed by atoms with Gasteiger partial charge in [-0.2, -0.15) is 0 Å². The Balaban J connectivity index is 2.11. The summed E-state index contributed by atoms with van der Waals surface area (Å²) in [5, 5.41) is 12.4. The summed E-state index contributed by atoms with van der Waals surface area (Å²) in [6.45, 7) is 12.0. The predicted octanol–water partition coefficient (Wildman–Crippen LogP) is 1.03. The summed E-state index contributed by atoms with van der Waals surface area (Å²) in [5.41, 5.74) is 1.13. The van der Waals surface area contributed by atoms with Crippen LogP contribution in [0.4, 0.5) is 11.6 Å². The van der Waals surface area contributed by atoms with E-state index in [2.05, 4.69) is 38.9 Å². The molecule has 0 radical (unpaired) electrons. The highest BCUT2D eigenvalue weighted by Crippen LogP contribution is 2.24. The molecule has 6 heteroatoms. The van der Waals surface area contributed by atoms with Crippen LogP contribution in [-0.4, -0.2) is 65.8 Å². The van der Waals surface area contributed by atoms with Crippen LogP contribution < -0.4 is 10.2 Å². The lowest BCUT2D eigenvalue weighted by atomic mass is 10.2. The summed E-state index contributed by atoms with van der Waals surface area (Å²) in [6, 6.07) is 0. The SMILES string of the molecule is CCCNc1nc(C)nc(N2CCN(CCO)CC2)c1C. The zero-order chi connectivity index (χ0) is 15.2. The van der Waals surface area contributed by atoms with Crippen LogP contribution in [0.3, 0.4) is 0 Å². The zero-order valence-electron chi connectivity index (χ0n) is 13.4. The van der Waals surface area contributed by atoms with Crippen molar-refractivity contribution in [1.82, 2.24) is 14.9 Å². The summed E-state index contributed by atoms with van der Waals surface area (Å²) < 4.78 is 0. The first-order valence-electron chi connectivity index (χ1n) is 7.83. The number of piperazine rings is 1. The maximum absolute atomic E-state index is 9.02. The van der Waals surface area contributed by atoms with Gasteiger partial charge in [-0.15, -0.1) is 0 Å². The Bertz CT molecular complexity index is 458. The van der Waals surface area contributed by atoms with Gasteiger partial charge in [-0.1, -0.05) is 6.92 Å². The molecule has 1 fully saturated rings. The third kappa shape index (κ3) is 4.04. The predicted molar refractivity (Wildman–Crippen MR) is 86.0 cm³/mol. The van der Waals surface area contributed by atoms with Crippen LogP contribution >= 0.6 is 0 Å². The summed E-state index contributed by atoms with van der Waals surface area (Å²) in [5.74, 6) is 2.81. The molecule has 0 spiro atoms. The lowest BCUT2D eigenvalue weighted by Gasteiger charge is -2.36. The van der Waals surface area contributed by atoms with Gasteiger partial charge in [0.25, 0.3) is 0 Å². The molecule has 0 amide bonds. The summed E-state index contributed by atoms with van der Waals surface area (Å²) in [6.07, 6.45) is 1.08. The van der Waals surface area contributed by atoms with Gasteiger partial charge in [0, 0.05) is 44.8 Å². The first kappa shape index (κ1) is 16.0. The van der Waals surface area contributed by atoms with Gasteiger partial charge in [0.1, 0.15) is 17.5 Å². The van der Waals surface area contributed by atoms with Crippen LogP contribution in [0.2, 0.25) is 0 Å². The fourth-order valence-electron chi connectivity index (χ4n) is 2.66. The molecule has 0 aromatic carbocycles. The van der Waals surface area contributed by atoms with Crippen molar-refractivity contribution in [2.45, 2.75) is 27.2 Å². The normalized spacial score (nSPS) is 16.3. The van der Waals surface area contributed by atoms with E-state index < -0.39 is 0 Å². The number of aliphatic hydroxyl groups excluding tert-OH is 1. The number of anilines is 2. The minimum atomic E-state index is 0.233. The summed E-state index contributed by atoms with van der Waals surface area (Å²) in [4.78, 5) is 13.8. The van der Waals surface area contributed by atoms with Gasteiger partial charge in [-0.25, -0.2) is 9.97 Å². The smallest absolute Gasteiger partial charge is 0.137 e. The first-order chi connectivity index (χ1) is 10.2. The molecular formula is C15H27N5O. The van der Waals surface area contributed by atoms with Crippen molar-refractivity contribution in [2.24, 2.45) is 0 Å². The Kier molecular flexibility index (Phi) is 5.76. The Hall–Kier alpha value is -1.40. The molecule has 0 aliphatic carbocycles. The van der Waals surface area contributed by atoms with Crippen molar-refractivity contribution in [2.75, 3.05) is 56.1 Å². The van der Waals surface area contributed by atoms with Crippen LogP contribution in [0.5, 0.6) is 0 Å². The topological polar surface area (TPSA) is 64.5 Å². The molecule has 0 bridgehead atoms. The second-order valence-electron chi connectivity index (χ2n) is 5.55. The van der Waals surface area contributed by atoms with E-state index in [9.17, 15) is 0 Å². The molecular weight excluding hydrogens is 266 g/mol. The van der Waals surface area contributed by atoms with Gasteiger partial charge >= 0.3 is 0 Å². The van der Waals surface area contributed by atoms with Crippen molar-refractivity contribution in [3.8, 4) is 0 Å². The van der Waals surface area contributed by atoms with Gasteiger partial charge in [0.2, 0.25) is 0 Å². The summed E-state index contributed by atoms with van der Waals surface area (Å²) in [7, 11) is 0. The maximum Gasteiger partial charge on any atom is 0.137 e. The number of aromatic nitrogens is 2. The molecule has 6 nitrogen and oxygen atoms in total. The lowest BCUT2D eigenvalue weighted by Crippen LogP contribution is -2.47. The van der Waals surface area contributed by atoms with E-state index in [1.165, 1.54) is 0 Å². The van der Waals surface area contributed by atoms with E-state index in [4.69, 9.17) is 5.11 Å². The van der Waals surface area contributed by atoms with Crippen LogP contribution in [0.25, 0.3) is 0 Å². The van der Waals surface area contributed by atoms with Crippen molar-refractivity contribution in [1.29, 1.82) is 0 Å². The average molecular weight is 293 g/mol. The third-order valence-corrected chi connectivity index (χ3v) is 3.86. The second kappa shape index (κ2) is 7.56. The van der Waals surface area contributed by atoms with Gasteiger partial charge in [0.05, 0.1) is 6.61 Å². The lowest BCUT2D eigenvalue weighted by molar-refractivity contribution is 0.188. The zero-order valence-corrected chi connectivity index (χ0v) is 13.4. The number of hydrogen-bond acceptors (Lipinski definition) is 6. The first-order valence-corrected chi connectivity index (χ1v) is 7.83. The molecule has 1 saturated heterocycles. The van der Waals surface area contributed by atoms with Gasteiger partial charge in [-0.05, 0) is 20.3 Å². The number of aryl methyl sites for hydroxylation is 1. The van der Waals surface area contributed by atoms with Gasteiger partial charge < -0.3 is 15.3 Å². The Morgan fingerprint density at radius 3 is 2.48 bits per heavy atom.